The van der Waals surface area contributed by atoms with E-state index in [-0.39, 0.29) is 17.5 Å². The van der Waals surface area contributed by atoms with E-state index in [0.29, 0.717) is 29.9 Å². The molecule has 126 valence electrons. The summed E-state index contributed by atoms with van der Waals surface area (Å²) in [5.74, 6) is -1.42. The molecule has 0 spiro atoms. The zero-order chi connectivity index (χ0) is 17.1. The maximum Gasteiger partial charge on any atom is 0.271 e. The number of hydrogen-bond donors (Lipinski definition) is 0. The van der Waals surface area contributed by atoms with E-state index in [9.17, 15) is 13.6 Å². The van der Waals surface area contributed by atoms with Crippen LogP contribution in [-0.4, -0.2) is 32.9 Å². The summed E-state index contributed by atoms with van der Waals surface area (Å²) in [4.78, 5) is 19.4. The van der Waals surface area contributed by atoms with Crippen molar-refractivity contribution in [2.75, 3.05) is 6.54 Å². The molecule has 3 heterocycles. The highest BCUT2D eigenvalue weighted by Crippen LogP contribution is 2.39. The Balaban J connectivity index is 1.82. The minimum Gasteiger partial charge on any atom is -0.333 e. The third kappa shape index (κ3) is 2.10. The lowest BCUT2D eigenvalue weighted by Gasteiger charge is -2.29. The Morgan fingerprint density at radius 3 is 2.72 bits per heavy atom. The first-order valence-corrected chi connectivity index (χ1v) is 8.39. The van der Waals surface area contributed by atoms with Gasteiger partial charge in [-0.1, -0.05) is 0 Å². The minimum atomic E-state index is -0.683. The van der Waals surface area contributed by atoms with Crippen LogP contribution in [-0.2, 0) is 6.54 Å². The number of pyridine rings is 1. The first-order chi connectivity index (χ1) is 12.1. The van der Waals surface area contributed by atoms with E-state index in [0.717, 1.165) is 24.4 Å². The van der Waals surface area contributed by atoms with Crippen molar-refractivity contribution < 1.29 is 13.6 Å². The molecule has 2 aromatic heterocycles. The fraction of sp³-hybridized carbons (Fsp3) is 0.263. The highest BCUT2D eigenvalue weighted by atomic mass is 19.1. The number of halogens is 2. The van der Waals surface area contributed by atoms with E-state index >= 15 is 0 Å². The van der Waals surface area contributed by atoms with E-state index < -0.39 is 11.6 Å². The second-order valence-corrected chi connectivity index (χ2v) is 6.60. The van der Waals surface area contributed by atoms with Gasteiger partial charge in [0.15, 0.2) is 0 Å². The average molecular weight is 339 g/mol. The van der Waals surface area contributed by atoms with Crippen LogP contribution >= 0.6 is 0 Å². The Kier molecular flexibility index (Phi) is 2.98. The number of fused-ring (bicyclic) bond motifs is 3. The summed E-state index contributed by atoms with van der Waals surface area (Å²) in [6.45, 7) is 1.31. The molecular weight excluding hydrogens is 324 g/mol. The van der Waals surface area contributed by atoms with E-state index in [1.54, 1.807) is 12.3 Å². The maximum atomic E-state index is 14.5. The van der Waals surface area contributed by atoms with Crippen LogP contribution in [0.2, 0.25) is 0 Å². The zero-order valence-corrected chi connectivity index (χ0v) is 13.4. The van der Waals surface area contributed by atoms with E-state index in [2.05, 4.69) is 4.98 Å². The number of carbonyl (C=O) groups is 1. The lowest BCUT2D eigenvalue weighted by Crippen LogP contribution is -2.41. The number of benzene rings is 1. The molecule has 1 amide bonds. The van der Waals surface area contributed by atoms with Crippen molar-refractivity contribution in [1.82, 2.24) is 14.5 Å². The van der Waals surface area contributed by atoms with Gasteiger partial charge in [0, 0.05) is 42.5 Å². The van der Waals surface area contributed by atoms with Crippen LogP contribution in [0.25, 0.3) is 22.2 Å². The first-order valence-electron chi connectivity index (χ1n) is 8.39. The quantitative estimate of drug-likeness (QED) is 0.715. The number of rotatable bonds is 2. The van der Waals surface area contributed by atoms with Crippen LogP contribution in [0.5, 0.6) is 0 Å². The van der Waals surface area contributed by atoms with Crippen LogP contribution in [0.15, 0.2) is 36.5 Å². The molecule has 1 fully saturated rings. The molecule has 0 unspecified atom stereocenters. The standard InChI is InChI=1S/C19H15F2N3O/c20-11-3-6-13(14(21)10-11)16-17-15(2-1-7-22-17)24-9-8-23(12-4-5-12)19(25)18(16)24/h1-3,6-7,10,12H,4-5,8-9H2. The lowest BCUT2D eigenvalue weighted by molar-refractivity contribution is 0.0694. The van der Waals surface area contributed by atoms with Gasteiger partial charge in [0.1, 0.15) is 17.3 Å². The van der Waals surface area contributed by atoms with Gasteiger partial charge < -0.3 is 9.47 Å². The largest absolute Gasteiger partial charge is 0.333 e. The van der Waals surface area contributed by atoms with Gasteiger partial charge in [-0.15, -0.1) is 0 Å². The third-order valence-electron chi connectivity index (χ3n) is 5.04. The molecule has 5 rings (SSSR count). The SMILES string of the molecule is O=C1c2c(-c3ccc(F)cc3F)c3ncccc3n2CCN1C1CC1. The molecular formula is C19H15F2N3O. The summed E-state index contributed by atoms with van der Waals surface area (Å²) in [6, 6.07) is 7.43. The Hall–Kier alpha value is -2.76. The van der Waals surface area contributed by atoms with Gasteiger partial charge in [-0.05, 0) is 37.1 Å². The van der Waals surface area contributed by atoms with Gasteiger partial charge in [-0.25, -0.2) is 8.78 Å². The number of amides is 1. The molecule has 0 N–H and O–H groups in total. The molecule has 0 radical (unpaired) electrons. The van der Waals surface area contributed by atoms with Crippen molar-refractivity contribution in [3.05, 3.63) is 53.9 Å². The average Bonchev–Trinajstić information content (AvgIpc) is 3.38. The number of carbonyl (C=O) groups excluding carboxylic acids is 1. The van der Waals surface area contributed by atoms with Gasteiger partial charge in [-0.3, -0.25) is 9.78 Å². The van der Waals surface area contributed by atoms with Crippen molar-refractivity contribution in [2.24, 2.45) is 0 Å². The van der Waals surface area contributed by atoms with Crippen molar-refractivity contribution in [2.45, 2.75) is 25.4 Å². The van der Waals surface area contributed by atoms with Crippen molar-refractivity contribution in [1.29, 1.82) is 0 Å². The third-order valence-corrected chi connectivity index (χ3v) is 5.04. The molecule has 3 aromatic rings. The van der Waals surface area contributed by atoms with Gasteiger partial charge >= 0.3 is 0 Å². The Labute approximate surface area is 142 Å². The van der Waals surface area contributed by atoms with Crippen LogP contribution in [0, 0.1) is 11.6 Å². The Morgan fingerprint density at radius 1 is 1.12 bits per heavy atom. The van der Waals surface area contributed by atoms with Crippen molar-refractivity contribution in [3.8, 4) is 11.1 Å². The van der Waals surface area contributed by atoms with Crippen LogP contribution < -0.4 is 0 Å². The van der Waals surface area contributed by atoms with Gasteiger partial charge in [0.2, 0.25) is 0 Å². The highest BCUT2D eigenvalue weighted by molar-refractivity contribution is 6.09. The molecule has 0 saturated heterocycles. The maximum absolute atomic E-state index is 14.5. The smallest absolute Gasteiger partial charge is 0.271 e. The highest BCUT2D eigenvalue weighted by Gasteiger charge is 2.39. The summed E-state index contributed by atoms with van der Waals surface area (Å²) in [7, 11) is 0. The van der Waals surface area contributed by atoms with Gasteiger partial charge in [-0.2, -0.15) is 0 Å². The normalized spacial score (nSPS) is 17.2. The number of aromatic nitrogens is 2. The summed E-state index contributed by atoms with van der Waals surface area (Å²) in [5, 5.41) is 0. The van der Waals surface area contributed by atoms with Crippen LogP contribution in [0.1, 0.15) is 23.3 Å². The summed E-state index contributed by atoms with van der Waals surface area (Å²) in [5.41, 5.74) is 2.51. The molecule has 2 aliphatic rings. The predicted molar refractivity (Wildman–Crippen MR) is 89.1 cm³/mol. The van der Waals surface area contributed by atoms with Crippen LogP contribution in [0.3, 0.4) is 0 Å². The predicted octanol–water partition coefficient (Wildman–Crippen LogP) is 3.60. The molecule has 0 bridgehead atoms. The van der Waals surface area contributed by atoms with Crippen LogP contribution in [0.4, 0.5) is 8.78 Å². The molecule has 25 heavy (non-hydrogen) atoms. The number of nitrogens with zero attached hydrogens (tertiary/aromatic N) is 3. The van der Waals surface area contributed by atoms with E-state index in [1.165, 1.54) is 12.1 Å². The lowest BCUT2D eigenvalue weighted by atomic mass is 10.0. The molecule has 0 atom stereocenters. The summed E-state index contributed by atoms with van der Waals surface area (Å²) >= 11 is 0. The minimum absolute atomic E-state index is 0.0922. The second kappa shape index (κ2) is 5.12. The second-order valence-electron chi connectivity index (χ2n) is 6.60. The molecule has 6 heteroatoms. The fourth-order valence-electron chi connectivity index (χ4n) is 3.76. The number of hydrogen-bond acceptors (Lipinski definition) is 2. The zero-order valence-electron chi connectivity index (χ0n) is 13.4. The monoisotopic (exact) mass is 339 g/mol. The van der Waals surface area contributed by atoms with Crippen molar-refractivity contribution in [3.63, 3.8) is 0 Å². The fourth-order valence-corrected chi connectivity index (χ4v) is 3.76. The Bertz CT molecular complexity index is 1020. The van der Waals surface area contributed by atoms with Gasteiger partial charge in [0.05, 0.1) is 11.0 Å². The molecule has 4 nitrogen and oxygen atoms in total. The van der Waals surface area contributed by atoms with Gasteiger partial charge in [0.25, 0.3) is 5.91 Å². The topological polar surface area (TPSA) is 38.1 Å². The molecule has 1 aliphatic carbocycles. The van der Waals surface area contributed by atoms with E-state index in [1.807, 2.05) is 15.5 Å². The Morgan fingerprint density at radius 2 is 1.96 bits per heavy atom. The molecule has 1 aromatic carbocycles. The van der Waals surface area contributed by atoms with Crippen molar-refractivity contribution >= 4 is 16.9 Å². The summed E-state index contributed by atoms with van der Waals surface area (Å²) in [6.07, 6.45) is 3.66. The molecule has 1 saturated carbocycles. The van der Waals surface area contributed by atoms with E-state index in [4.69, 9.17) is 0 Å². The molecule has 1 aliphatic heterocycles. The first kappa shape index (κ1) is 14.6. The summed E-state index contributed by atoms with van der Waals surface area (Å²) < 4.78 is 29.8.